The minimum atomic E-state index is -4.50. The van der Waals surface area contributed by atoms with Gasteiger partial charge in [-0.3, -0.25) is 19.3 Å². The van der Waals surface area contributed by atoms with Crippen LogP contribution in [0, 0.1) is 0 Å². The van der Waals surface area contributed by atoms with E-state index in [1.165, 1.54) is 4.90 Å². The number of hydrogen-bond donors (Lipinski definition) is 2. The molecular weight excluding hydrogens is 567 g/mol. The van der Waals surface area contributed by atoms with E-state index in [0.717, 1.165) is 41.6 Å². The summed E-state index contributed by atoms with van der Waals surface area (Å²) in [7, 11) is 1.55. The zero-order valence-corrected chi connectivity index (χ0v) is 24.1. The van der Waals surface area contributed by atoms with Crippen LogP contribution in [-0.4, -0.2) is 42.9 Å². The Bertz CT molecular complexity index is 1490. The van der Waals surface area contributed by atoms with Crippen molar-refractivity contribution in [2.24, 2.45) is 0 Å². The Hall–Kier alpha value is -4.09. The van der Waals surface area contributed by atoms with Crippen LogP contribution in [0.3, 0.4) is 0 Å². The van der Waals surface area contributed by atoms with Crippen LogP contribution >= 0.6 is 11.8 Å². The molecule has 0 fully saturated rings. The number of methoxy groups -OCH3 is 1. The van der Waals surface area contributed by atoms with Gasteiger partial charge in [0.25, 0.3) is 17.7 Å². The summed E-state index contributed by atoms with van der Waals surface area (Å²) >= 11 is 1.08. The van der Waals surface area contributed by atoms with Crippen molar-refractivity contribution in [3.8, 4) is 0 Å². The van der Waals surface area contributed by atoms with Gasteiger partial charge >= 0.3 is 6.18 Å². The standard InChI is InChI=1S/C31H30F3N3O4S/c1-19(2)20-10-14-23(15-11-20)35-26-27(30(40)37(29(26)39)16-5-17-41-3)42-25-7-4-6-24(18-25)36-28(38)21-8-12-22(13-9-21)31(32,33)34/h4,6-15,18-19,35H,5,16-17H2,1-3H3,(H,36,38). The van der Waals surface area contributed by atoms with E-state index >= 15 is 0 Å². The Balaban J connectivity index is 1.56. The molecule has 1 aliphatic rings. The molecule has 3 aromatic rings. The van der Waals surface area contributed by atoms with Crippen molar-refractivity contribution in [1.29, 1.82) is 0 Å². The number of carbonyl (C=O) groups excluding carboxylic acids is 3. The lowest BCUT2D eigenvalue weighted by Crippen LogP contribution is -2.33. The number of halogens is 3. The SMILES string of the molecule is COCCCN1C(=O)C(Nc2ccc(C(C)C)cc2)=C(Sc2cccc(NC(=O)c3ccc(C(F)(F)F)cc3)c2)C1=O. The highest BCUT2D eigenvalue weighted by molar-refractivity contribution is 8.04. The van der Waals surface area contributed by atoms with Crippen molar-refractivity contribution in [2.45, 2.75) is 37.3 Å². The van der Waals surface area contributed by atoms with Crippen LogP contribution in [0.4, 0.5) is 24.5 Å². The van der Waals surface area contributed by atoms with E-state index in [2.05, 4.69) is 24.5 Å². The third-order valence-corrected chi connectivity index (χ3v) is 7.56. The first-order chi connectivity index (χ1) is 20.0. The smallest absolute Gasteiger partial charge is 0.385 e. The molecule has 0 saturated heterocycles. The zero-order chi connectivity index (χ0) is 30.4. The molecule has 0 atom stereocenters. The summed E-state index contributed by atoms with van der Waals surface area (Å²) in [5, 5.41) is 5.80. The Kier molecular flexibility index (Phi) is 9.74. The molecule has 7 nitrogen and oxygen atoms in total. The summed E-state index contributed by atoms with van der Waals surface area (Å²) in [6.07, 6.45) is -4.02. The molecule has 0 aliphatic carbocycles. The van der Waals surface area contributed by atoms with Crippen LogP contribution < -0.4 is 10.6 Å². The molecule has 0 radical (unpaired) electrons. The Labute approximate surface area is 246 Å². The number of alkyl halides is 3. The number of carbonyl (C=O) groups is 3. The topological polar surface area (TPSA) is 87.7 Å². The van der Waals surface area contributed by atoms with Gasteiger partial charge in [-0.25, -0.2) is 0 Å². The van der Waals surface area contributed by atoms with E-state index < -0.39 is 29.5 Å². The monoisotopic (exact) mass is 597 g/mol. The maximum atomic E-state index is 13.4. The Morgan fingerprint density at radius 1 is 0.952 bits per heavy atom. The molecule has 1 aliphatic heterocycles. The van der Waals surface area contributed by atoms with Gasteiger partial charge in [0.1, 0.15) is 10.6 Å². The summed E-state index contributed by atoms with van der Waals surface area (Å²) in [6.45, 7) is 4.74. The summed E-state index contributed by atoms with van der Waals surface area (Å²) in [5.41, 5.74) is 1.52. The lowest BCUT2D eigenvalue weighted by molar-refractivity contribution is -0.138. The number of nitrogens with one attached hydrogen (secondary N) is 2. The molecule has 0 spiro atoms. The Morgan fingerprint density at radius 2 is 1.64 bits per heavy atom. The van der Waals surface area contributed by atoms with Gasteiger partial charge in [-0.2, -0.15) is 13.2 Å². The second kappa shape index (κ2) is 13.3. The van der Waals surface area contributed by atoms with Gasteiger partial charge in [0, 0.05) is 42.1 Å². The quantitative estimate of drug-likeness (QED) is 0.185. The number of nitrogens with zero attached hydrogens (tertiary/aromatic N) is 1. The van der Waals surface area contributed by atoms with Crippen molar-refractivity contribution in [3.05, 3.63) is 100 Å². The molecule has 0 saturated carbocycles. The maximum absolute atomic E-state index is 13.4. The van der Waals surface area contributed by atoms with Crippen molar-refractivity contribution in [3.63, 3.8) is 0 Å². The number of benzene rings is 3. The van der Waals surface area contributed by atoms with Gasteiger partial charge in [0.05, 0.1) is 5.56 Å². The molecule has 0 aromatic heterocycles. The fourth-order valence-electron chi connectivity index (χ4n) is 4.19. The van der Waals surface area contributed by atoms with Crippen LogP contribution in [-0.2, 0) is 20.5 Å². The van der Waals surface area contributed by atoms with Gasteiger partial charge in [0.15, 0.2) is 0 Å². The van der Waals surface area contributed by atoms with Crippen LogP contribution in [0.5, 0.6) is 0 Å². The number of imide groups is 1. The molecule has 0 bridgehead atoms. The van der Waals surface area contributed by atoms with E-state index in [4.69, 9.17) is 4.74 Å². The first-order valence-electron chi connectivity index (χ1n) is 13.2. The zero-order valence-electron chi connectivity index (χ0n) is 23.2. The van der Waals surface area contributed by atoms with Crippen LogP contribution in [0.2, 0.25) is 0 Å². The maximum Gasteiger partial charge on any atom is 0.416 e. The van der Waals surface area contributed by atoms with Gasteiger partial charge in [0.2, 0.25) is 0 Å². The lowest BCUT2D eigenvalue weighted by Gasteiger charge is -2.15. The highest BCUT2D eigenvalue weighted by Crippen LogP contribution is 2.37. The fraction of sp³-hybridized carbons (Fsp3) is 0.258. The van der Waals surface area contributed by atoms with E-state index in [1.54, 1.807) is 31.4 Å². The molecule has 42 heavy (non-hydrogen) atoms. The molecule has 0 unspecified atom stereocenters. The number of amides is 3. The van der Waals surface area contributed by atoms with Crippen molar-refractivity contribution in [1.82, 2.24) is 4.90 Å². The second-order valence-corrected chi connectivity index (χ2v) is 11.0. The first kappa shape index (κ1) is 30.9. The van der Waals surface area contributed by atoms with Crippen LogP contribution in [0.15, 0.2) is 88.3 Å². The van der Waals surface area contributed by atoms with Crippen molar-refractivity contribution in [2.75, 3.05) is 30.9 Å². The van der Waals surface area contributed by atoms with E-state index in [9.17, 15) is 27.6 Å². The minimum Gasteiger partial charge on any atom is -0.385 e. The lowest BCUT2D eigenvalue weighted by atomic mass is 10.0. The summed E-state index contributed by atoms with van der Waals surface area (Å²) in [5.74, 6) is -1.14. The summed E-state index contributed by atoms with van der Waals surface area (Å²) in [6, 6.07) is 18.2. The predicted octanol–water partition coefficient (Wildman–Crippen LogP) is 6.90. The number of rotatable bonds is 11. The fourth-order valence-corrected chi connectivity index (χ4v) is 5.20. The molecule has 2 N–H and O–H groups in total. The predicted molar refractivity (Wildman–Crippen MR) is 156 cm³/mol. The molecule has 3 aromatic carbocycles. The third kappa shape index (κ3) is 7.40. The van der Waals surface area contributed by atoms with E-state index in [1.807, 2.05) is 24.3 Å². The van der Waals surface area contributed by atoms with Gasteiger partial charge in [-0.05, 0) is 72.5 Å². The molecule has 3 amide bonds. The third-order valence-electron chi connectivity index (χ3n) is 6.49. The second-order valence-electron chi connectivity index (χ2n) is 9.87. The van der Waals surface area contributed by atoms with Crippen molar-refractivity contribution >= 4 is 40.9 Å². The van der Waals surface area contributed by atoms with E-state index in [-0.39, 0.29) is 22.7 Å². The van der Waals surface area contributed by atoms with Gasteiger partial charge in [-0.15, -0.1) is 0 Å². The number of ether oxygens (including phenoxy) is 1. The summed E-state index contributed by atoms with van der Waals surface area (Å²) in [4.78, 5) is 41.4. The molecule has 4 rings (SSSR count). The largest absolute Gasteiger partial charge is 0.416 e. The highest BCUT2D eigenvalue weighted by atomic mass is 32.2. The van der Waals surface area contributed by atoms with Crippen LogP contribution in [0.1, 0.15) is 47.7 Å². The molecule has 220 valence electrons. The first-order valence-corrected chi connectivity index (χ1v) is 14.0. The normalized spacial score (nSPS) is 13.7. The number of hydrogen-bond acceptors (Lipinski definition) is 6. The average molecular weight is 598 g/mol. The molecular formula is C31H30F3N3O4S. The highest BCUT2D eigenvalue weighted by Gasteiger charge is 2.39. The molecule has 1 heterocycles. The Morgan fingerprint density at radius 3 is 2.26 bits per heavy atom. The summed E-state index contributed by atoms with van der Waals surface area (Å²) < 4.78 is 43.7. The van der Waals surface area contributed by atoms with Crippen molar-refractivity contribution < 1.29 is 32.3 Å². The number of anilines is 2. The van der Waals surface area contributed by atoms with Crippen LogP contribution in [0.25, 0.3) is 0 Å². The van der Waals surface area contributed by atoms with Gasteiger partial charge < -0.3 is 15.4 Å². The average Bonchev–Trinajstić information content (AvgIpc) is 3.17. The number of thioether (sulfide) groups is 1. The van der Waals surface area contributed by atoms with Gasteiger partial charge in [-0.1, -0.05) is 43.8 Å². The van der Waals surface area contributed by atoms with E-state index in [0.29, 0.717) is 35.2 Å². The molecule has 11 heteroatoms. The minimum absolute atomic E-state index is 0.0574.